The van der Waals surface area contributed by atoms with Gasteiger partial charge in [0.15, 0.2) is 35.5 Å². The number of ether oxygens (including phenoxy) is 1. The van der Waals surface area contributed by atoms with Crippen LogP contribution in [-0.2, 0) is 11.2 Å². The lowest BCUT2D eigenvalue weighted by atomic mass is 10.1. The molecular weight excluding hydrogens is 328 g/mol. The molecule has 1 aromatic heterocycles. The minimum absolute atomic E-state index is 0.148. The minimum Gasteiger partial charge on any atom is -0.483 e. The van der Waals surface area contributed by atoms with E-state index in [1.165, 1.54) is 6.92 Å². The Bertz CT molecular complexity index is 810. The van der Waals surface area contributed by atoms with Gasteiger partial charge in [-0.2, -0.15) is 15.4 Å². The quantitative estimate of drug-likeness (QED) is 0.362. The Hall–Kier alpha value is -2.89. The maximum atomic E-state index is 14.2. The van der Waals surface area contributed by atoms with Crippen LogP contribution >= 0.6 is 0 Å². The van der Waals surface area contributed by atoms with Gasteiger partial charge in [-0.05, 0) is 13.3 Å². The van der Waals surface area contributed by atoms with E-state index in [0.717, 1.165) is 12.6 Å². The highest BCUT2D eigenvalue weighted by Crippen LogP contribution is 2.31. The molecule has 9 heteroatoms. The van der Waals surface area contributed by atoms with E-state index in [-0.39, 0.29) is 24.4 Å². The number of benzene rings is 1. The van der Waals surface area contributed by atoms with Gasteiger partial charge < -0.3 is 4.74 Å². The number of aromatic nitrogens is 2. The minimum atomic E-state index is -1.62. The molecule has 0 bridgehead atoms. The van der Waals surface area contributed by atoms with Crippen molar-refractivity contribution >= 4 is 12.2 Å². The van der Waals surface area contributed by atoms with Crippen LogP contribution in [0.25, 0.3) is 5.69 Å². The van der Waals surface area contributed by atoms with E-state index < -0.39 is 34.5 Å². The summed E-state index contributed by atoms with van der Waals surface area (Å²) in [4.78, 5) is 3.74. The summed E-state index contributed by atoms with van der Waals surface area (Å²) in [6.45, 7) is 3.29. The van der Waals surface area contributed by atoms with Gasteiger partial charge in [0.05, 0.1) is 12.8 Å². The fourth-order valence-corrected chi connectivity index (χ4v) is 2.03. The summed E-state index contributed by atoms with van der Waals surface area (Å²) >= 11 is 0. The predicted molar refractivity (Wildman–Crippen MR) is 77.3 cm³/mol. The van der Waals surface area contributed by atoms with Gasteiger partial charge in [-0.1, -0.05) is 6.92 Å². The molecule has 0 atom stereocenters. The zero-order valence-corrected chi connectivity index (χ0v) is 12.8. The van der Waals surface area contributed by atoms with E-state index in [0.29, 0.717) is 4.68 Å². The van der Waals surface area contributed by atoms with Crippen LogP contribution in [0, 0.1) is 34.6 Å². The normalized spacial score (nSPS) is 11.0. The van der Waals surface area contributed by atoms with Crippen molar-refractivity contribution in [3.8, 4) is 11.8 Å². The zero-order chi connectivity index (χ0) is 17.9. The van der Waals surface area contributed by atoms with Crippen molar-refractivity contribution in [2.24, 2.45) is 4.99 Å². The number of nitrogens with zero attached hydrogens (tertiary/aromatic N) is 4. The van der Waals surface area contributed by atoms with Crippen molar-refractivity contribution in [2.45, 2.75) is 20.3 Å². The van der Waals surface area contributed by atoms with Gasteiger partial charge >= 0.3 is 0 Å². The summed E-state index contributed by atoms with van der Waals surface area (Å²) in [5, 5.41) is 12.6. The molecule has 0 unspecified atom stereocenters. The molecule has 2 rings (SSSR count). The predicted octanol–water partition coefficient (Wildman–Crippen LogP) is 3.56. The molecule has 0 spiro atoms. The topological polar surface area (TPSA) is 63.2 Å². The molecule has 0 radical (unpaired) electrons. The Labute approximate surface area is 134 Å². The molecule has 0 amide bonds. The summed E-state index contributed by atoms with van der Waals surface area (Å²) < 4.78 is 61.8. The molecule has 1 heterocycles. The summed E-state index contributed by atoms with van der Waals surface area (Å²) in [5.74, 6) is -6.58. The summed E-state index contributed by atoms with van der Waals surface area (Å²) in [7, 11) is 0. The molecule has 0 saturated carbocycles. The third kappa shape index (κ3) is 2.82. The Morgan fingerprint density at radius 2 is 1.83 bits per heavy atom. The van der Waals surface area contributed by atoms with Gasteiger partial charge in [0.1, 0.15) is 17.3 Å². The first kappa shape index (κ1) is 17.5. The van der Waals surface area contributed by atoms with E-state index in [2.05, 4.69) is 10.1 Å². The zero-order valence-electron chi connectivity index (χ0n) is 12.8. The Balaban J connectivity index is 2.74. The number of hydrogen-bond donors (Lipinski definition) is 0. The smallest absolute Gasteiger partial charge is 0.188 e. The molecule has 126 valence electrons. The molecule has 0 aliphatic rings. The average Bonchev–Trinajstić information content (AvgIpc) is 2.97. The van der Waals surface area contributed by atoms with Gasteiger partial charge in [-0.3, -0.25) is 0 Å². The van der Waals surface area contributed by atoms with Crippen LogP contribution in [0.2, 0.25) is 0 Å². The second-order valence-electron chi connectivity index (χ2n) is 4.53. The maximum Gasteiger partial charge on any atom is 0.188 e. The van der Waals surface area contributed by atoms with Crippen LogP contribution in [-0.4, -0.2) is 22.8 Å². The van der Waals surface area contributed by atoms with Crippen molar-refractivity contribution in [2.75, 3.05) is 6.61 Å². The highest BCUT2D eigenvalue weighted by molar-refractivity contribution is 5.61. The van der Waals surface area contributed by atoms with E-state index in [1.807, 2.05) is 0 Å². The van der Waals surface area contributed by atoms with Gasteiger partial charge in [0.25, 0.3) is 0 Å². The van der Waals surface area contributed by atoms with Crippen LogP contribution in [0.5, 0.6) is 0 Å². The van der Waals surface area contributed by atoms with Crippen molar-refractivity contribution < 1.29 is 22.3 Å². The van der Waals surface area contributed by atoms with Gasteiger partial charge in [-0.25, -0.2) is 22.2 Å². The first-order valence-corrected chi connectivity index (χ1v) is 6.95. The second kappa shape index (κ2) is 7.12. The van der Waals surface area contributed by atoms with Crippen LogP contribution in [0.15, 0.2) is 11.2 Å². The Kier molecular flexibility index (Phi) is 5.18. The van der Waals surface area contributed by atoms with Crippen LogP contribution < -0.4 is 0 Å². The van der Waals surface area contributed by atoms with Crippen LogP contribution in [0.1, 0.15) is 25.0 Å². The largest absolute Gasteiger partial charge is 0.483 e. The number of halogens is 4. The fourth-order valence-electron chi connectivity index (χ4n) is 2.03. The molecule has 5 nitrogen and oxygen atoms in total. The lowest BCUT2D eigenvalue weighted by molar-refractivity contribution is 0.343. The van der Waals surface area contributed by atoms with Crippen molar-refractivity contribution in [3.63, 3.8) is 0 Å². The summed E-state index contributed by atoms with van der Waals surface area (Å²) in [6.07, 6.45) is 1.68. The van der Waals surface area contributed by atoms with E-state index in [9.17, 15) is 17.6 Å². The monoisotopic (exact) mass is 340 g/mol. The number of rotatable bonds is 5. The molecule has 2 aromatic rings. The lowest BCUT2D eigenvalue weighted by Gasteiger charge is -2.12. The van der Waals surface area contributed by atoms with Crippen LogP contribution in [0.3, 0.4) is 0 Å². The number of nitriles is 1. The summed E-state index contributed by atoms with van der Waals surface area (Å²) in [6, 6.07) is 1.72. The van der Waals surface area contributed by atoms with Gasteiger partial charge in [0, 0.05) is 5.56 Å². The average molecular weight is 340 g/mol. The van der Waals surface area contributed by atoms with Gasteiger partial charge in [-0.15, -0.1) is 0 Å². The number of aliphatic imine (C=N–C) groups is 1. The maximum absolute atomic E-state index is 14.2. The third-order valence-corrected chi connectivity index (χ3v) is 3.18. The highest BCUT2D eigenvalue weighted by Gasteiger charge is 2.28. The Morgan fingerprint density at radius 3 is 2.33 bits per heavy atom. The van der Waals surface area contributed by atoms with Crippen molar-refractivity contribution in [1.82, 2.24) is 9.78 Å². The SMILES string of the molecule is CCO/C=N/c1c(C#N)cnn1-c1c(F)c(F)c(CC)c(F)c1F. The lowest BCUT2D eigenvalue weighted by Crippen LogP contribution is -2.11. The molecule has 0 N–H and O–H groups in total. The fraction of sp³-hybridized carbons (Fsp3) is 0.267. The molecule has 0 saturated heterocycles. The Morgan fingerprint density at radius 1 is 1.21 bits per heavy atom. The molecule has 0 aliphatic carbocycles. The van der Waals surface area contributed by atoms with E-state index in [1.54, 1.807) is 13.0 Å². The number of hydrogen-bond acceptors (Lipinski definition) is 4. The second-order valence-corrected chi connectivity index (χ2v) is 4.53. The first-order chi connectivity index (χ1) is 11.5. The highest BCUT2D eigenvalue weighted by atomic mass is 19.2. The van der Waals surface area contributed by atoms with Crippen molar-refractivity contribution in [3.05, 3.63) is 40.6 Å². The first-order valence-electron chi connectivity index (χ1n) is 6.95. The molecule has 1 aromatic carbocycles. The molecule has 0 fully saturated rings. The summed E-state index contributed by atoms with van der Waals surface area (Å²) in [5.41, 5.74) is -1.95. The third-order valence-electron chi connectivity index (χ3n) is 3.18. The van der Waals surface area contributed by atoms with E-state index in [4.69, 9.17) is 10.00 Å². The van der Waals surface area contributed by atoms with E-state index >= 15 is 0 Å². The van der Waals surface area contributed by atoms with Crippen molar-refractivity contribution in [1.29, 1.82) is 5.26 Å². The molecule has 24 heavy (non-hydrogen) atoms. The standard InChI is InChI=1S/C15H12F4N4O/c1-3-9-10(16)12(18)14(13(19)11(9)17)23-15(21-7-24-4-2)8(5-20)6-22-23/h6-7H,3-4H2,1-2H3/b21-7+. The van der Waals surface area contributed by atoms with Gasteiger partial charge in [0.2, 0.25) is 0 Å². The van der Waals surface area contributed by atoms with Crippen LogP contribution in [0.4, 0.5) is 23.4 Å². The molecule has 0 aliphatic heterocycles. The molecular formula is C15H12F4N4O.